The molecule has 0 radical (unpaired) electrons. The van der Waals surface area contributed by atoms with Crippen molar-refractivity contribution < 1.29 is 24.7 Å². The Balaban J connectivity index is 2.83. The molecule has 0 aromatic carbocycles. The Hall–Kier alpha value is -1.16. The van der Waals surface area contributed by atoms with Gasteiger partial charge in [-0.2, -0.15) is 0 Å². The second-order valence-corrected chi connectivity index (χ2v) is 5.60. The van der Waals surface area contributed by atoms with Crippen LogP contribution in [0, 0.1) is 5.92 Å². The van der Waals surface area contributed by atoms with Crippen LogP contribution in [0.5, 0.6) is 0 Å². The van der Waals surface area contributed by atoms with Gasteiger partial charge in [-0.3, -0.25) is 9.59 Å². The molecule has 1 saturated heterocycles. The largest absolute Gasteiger partial charge is 0.480 e. The minimum absolute atomic E-state index is 0.0825. The number of amides is 1. The van der Waals surface area contributed by atoms with Gasteiger partial charge in [-0.1, -0.05) is 6.42 Å². The average molecular weight is 287 g/mol. The minimum atomic E-state index is -1.52. The van der Waals surface area contributed by atoms with E-state index >= 15 is 0 Å². The van der Waals surface area contributed by atoms with Crippen LogP contribution >= 0.6 is 0 Å². The molecule has 9 heteroatoms. The number of hydrogen-bond acceptors (Lipinski definition) is 6. The second kappa shape index (κ2) is 6.53. The van der Waals surface area contributed by atoms with Crippen LogP contribution in [0.15, 0.2) is 0 Å². The fourth-order valence-corrected chi connectivity index (χ4v) is 2.55. The second-order valence-electron chi connectivity index (χ2n) is 5.60. The number of hydrogen-bond donors (Lipinski definition) is 5. The molecule has 0 aromatic heterocycles. The first-order valence-electron chi connectivity index (χ1n) is 6.58. The molecule has 1 rings (SSSR count). The lowest BCUT2D eigenvalue weighted by molar-refractivity contribution is -0.149. The minimum Gasteiger partial charge on any atom is -0.480 e. The number of carboxylic acids is 1. The zero-order valence-corrected chi connectivity index (χ0v) is 11.5. The summed E-state index contributed by atoms with van der Waals surface area (Å²) in [5, 5.41) is 27.0. The van der Waals surface area contributed by atoms with Crippen LogP contribution in [-0.2, 0) is 9.59 Å². The smallest absolute Gasteiger partial charge is 0.451 e. The molecule has 0 bridgehead atoms. The molecule has 1 heterocycles. The molecule has 3 atom stereocenters. The Kier molecular flexibility index (Phi) is 5.52. The number of piperidine rings is 1. The van der Waals surface area contributed by atoms with Crippen LogP contribution in [-0.4, -0.2) is 63.7 Å². The summed E-state index contributed by atoms with van der Waals surface area (Å²) in [6.07, 6.45) is 0.686. The van der Waals surface area contributed by atoms with Gasteiger partial charge < -0.3 is 31.5 Å². The van der Waals surface area contributed by atoms with Gasteiger partial charge >= 0.3 is 13.1 Å². The third-order valence-corrected chi connectivity index (χ3v) is 3.56. The fourth-order valence-electron chi connectivity index (χ4n) is 2.55. The monoisotopic (exact) mass is 287 g/mol. The van der Waals surface area contributed by atoms with Crippen molar-refractivity contribution in [3.05, 3.63) is 0 Å². The first kappa shape index (κ1) is 16.9. The van der Waals surface area contributed by atoms with Crippen LogP contribution < -0.4 is 11.5 Å². The predicted molar refractivity (Wildman–Crippen MR) is 72.5 cm³/mol. The summed E-state index contributed by atoms with van der Waals surface area (Å²) in [4.78, 5) is 24.6. The molecule has 7 N–H and O–H groups in total. The topological polar surface area (TPSA) is 150 Å². The number of nitrogens with two attached hydrogens (primary N) is 2. The maximum absolute atomic E-state index is 11.9. The van der Waals surface area contributed by atoms with Crippen molar-refractivity contribution in [2.24, 2.45) is 17.4 Å². The maximum atomic E-state index is 11.9. The molecule has 1 amide bonds. The SMILES string of the molecule is C[C@H](N)C(=O)N1C[C@@H](CCB(O)O)C[C@@](N)(C(=O)O)C1. The highest BCUT2D eigenvalue weighted by molar-refractivity contribution is 6.40. The summed E-state index contributed by atoms with van der Waals surface area (Å²) in [5.41, 5.74) is 9.89. The van der Waals surface area contributed by atoms with Gasteiger partial charge in [0.05, 0.1) is 6.04 Å². The van der Waals surface area contributed by atoms with Gasteiger partial charge in [0.2, 0.25) is 5.91 Å². The van der Waals surface area contributed by atoms with Crippen LogP contribution in [0.4, 0.5) is 0 Å². The van der Waals surface area contributed by atoms with Gasteiger partial charge in [-0.05, 0) is 25.6 Å². The lowest BCUT2D eigenvalue weighted by atomic mass is 9.75. The Labute approximate surface area is 117 Å². The van der Waals surface area contributed by atoms with E-state index in [0.717, 1.165) is 0 Å². The van der Waals surface area contributed by atoms with E-state index in [-0.39, 0.29) is 31.1 Å². The van der Waals surface area contributed by atoms with Crippen LogP contribution in [0.3, 0.4) is 0 Å². The first-order chi connectivity index (χ1) is 9.15. The molecule has 20 heavy (non-hydrogen) atoms. The number of carboxylic acid groups (broad SMARTS) is 1. The summed E-state index contributed by atoms with van der Waals surface area (Å²) in [7, 11) is -1.45. The molecule has 0 saturated carbocycles. The van der Waals surface area contributed by atoms with E-state index in [1.807, 2.05) is 0 Å². The lowest BCUT2D eigenvalue weighted by Gasteiger charge is -2.42. The third kappa shape index (κ3) is 4.17. The highest BCUT2D eigenvalue weighted by Crippen LogP contribution is 2.28. The molecular weight excluding hydrogens is 265 g/mol. The number of aliphatic carboxylic acids is 1. The Bertz CT molecular complexity index is 379. The van der Waals surface area contributed by atoms with Crippen molar-refractivity contribution in [1.29, 1.82) is 0 Å². The number of carbonyl (C=O) groups is 2. The van der Waals surface area contributed by atoms with E-state index in [4.69, 9.17) is 21.5 Å². The van der Waals surface area contributed by atoms with Crippen molar-refractivity contribution in [3.8, 4) is 0 Å². The van der Waals surface area contributed by atoms with Crippen molar-refractivity contribution in [2.45, 2.75) is 37.7 Å². The molecule has 0 unspecified atom stereocenters. The number of rotatable bonds is 5. The summed E-state index contributed by atoms with van der Waals surface area (Å²) in [5.74, 6) is -1.72. The van der Waals surface area contributed by atoms with Gasteiger partial charge in [-0.25, -0.2) is 0 Å². The van der Waals surface area contributed by atoms with Crippen molar-refractivity contribution in [1.82, 2.24) is 4.90 Å². The molecule has 1 fully saturated rings. The van der Waals surface area contributed by atoms with Crippen molar-refractivity contribution >= 4 is 19.0 Å². The van der Waals surface area contributed by atoms with Gasteiger partial charge in [0.1, 0.15) is 5.54 Å². The van der Waals surface area contributed by atoms with E-state index in [0.29, 0.717) is 13.0 Å². The average Bonchev–Trinajstić information content (AvgIpc) is 2.34. The number of likely N-dealkylation sites (tertiary alicyclic amines) is 1. The van der Waals surface area contributed by atoms with Crippen molar-refractivity contribution in [2.75, 3.05) is 13.1 Å². The quantitative estimate of drug-likeness (QED) is 0.361. The summed E-state index contributed by atoms with van der Waals surface area (Å²) in [6.45, 7) is 1.78. The predicted octanol–water partition coefficient (Wildman–Crippen LogP) is -2.17. The Morgan fingerprint density at radius 2 is 2.10 bits per heavy atom. The highest BCUT2D eigenvalue weighted by Gasteiger charge is 2.44. The Morgan fingerprint density at radius 1 is 1.50 bits per heavy atom. The van der Waals surface area contributed by atoms with E-state index in [2.05, 4.69) is 0 Å². The maximum Gasteiger partial charge on any atom is 0.451 e. The van der Waals surface area contributed by atoms with Crippen molar-refractivity contribution in [3.63, 3.8) is 0 Å². The number of carbonyl (C=O) groups excluding carboxylic acids is 1. The van der Waals surface area contributed by atoms with E-state index in [1.54, 1.807) is 0 Å². The molecule has 0 spiro atoms. The molecule has 8 nitrogen and oxygen atoms in total. The van der Waals surface area contributed by atoms with Gasteiger partial charge in [0.25, 0.3) is 0 Å². The number of nitrogens with zero attached hydrogens (tertiary/aromatic N) is 1. The van der Waals surface area contributed by atoms with Crippen LogP contribution in [0.1, 0.15) is 19.8 Å². The van der Waals surface area contributed by atoms with Gasteiger partial charge in [0, 0.05) is 13.1 Å². The molecule has 114 valence electrons. The zero-order valence-electron chi connectivity index (χ0n) is 11.5. The summed E-state index contributed by atoms with van der Waals surface area (Å²) >= 11 is 0. The van der Waals surface area contributed by atoms with E-state index in [1.165, 1.54) is 11.8 Å². The lowest BCUT2D eigenvalue weighted by Crippen LogP contribution is -2.64. The van der Waals surface area contributed by atoms with E-state index in [9.17, 15) is 14.7 Å². The normalized spacial score (nSPS) is 28.1. The van der Waals surface area contributed by atoms with Gasteiger partial charge in [-0.15, -0.1) is 0 Å². The molecule has 1 aliphatic heterocycles. The molecule has 0 aromatic rings. The van der Waals surface area contributed by atoms with Crippen LogP contribution in [0.2, 0.25) is 6.32 Å². The molecule has 0 aliphatic carbocycles. The van der Waals surface area contributed by atoms with Gasteiger partial charge in [0.15, 0.2) is 0 Å². The summed E-state index contributed by atoms with van der Waals surface area (Å²) < 4.78 is 0. The van der Waals surface area contributed by atoms with E-state index < -0.39 is 24.7 Å². The fraction of sp³-hybridized carbons (Fsp3) is 0.818. The zero-order chi connectivity index (χ0) is 15.5. The standard InChI is InChI=1S/C11H22BN3O5/c1-7(13)9(16)15-5-8(2-3-12(19)20)4-11(14,6-15)10(17)18/h7-8,19-20H,2-6,13-14H2,1H3,(H,17,18)/t7-,8-,11-/m0/s1. The third-order valence-electron chi connectivity index (χ3n) is 3.56. The molecule has 1 aliphatic rings. The molecular formula is C11H22BN3O5. The van der Waals surface area contributed by atoms with Crippen LogP contribution in [0.25, 0.3) is 0 Å². The first-order valence-corrected chi connectivity index (χ1v) is 6.58. The highest BCUT2D eigenvalue weighted by atomic mass is 16.4. The summed E-state index contributed by atoms with van der Waals surface area (Å²) in [6, 6.07) is -0.727. The Morgan fingerprint density at radius 3 is 2.55 bits per heavy atom.